The Balaban J connectivity index is 1.55. The molecule has 1 fully saturated rings. The largest absolute Gasteiger partial charge is 0.490 e. The third kappa shape index (κ3) is 5.60. The lowest BCUT2D eigenvalue weighted by atomic mass is 10.1. The van der Waals surface area contributed by atoms with Gasteiger partial charge in [-0.2, -0.15) is 0 Å². The van der Waals surface area contributed by atoms with Gasteiger partial charge in [0.15, 0.2) is 11.5 Å². The number of urea groups is 1. The highest BCUT2D eigenvalue weighted by Gasteiger charge is 2.34. The van der Waals surface area contributed by atoms with Crippen molar-refractivity contribution in [2.75, 3.05) is 6.61 Å². The summed E-state index contributed by atoms with van der Waals surface area (Å²) in [7, 11) is 0. The molecule has 0 aromatic heterocycles. The number of nitrogens with one attached hydrogen (secondary N) is 1. The Morgan fingerprint density at radius 2 is 1.77 bits per heavy atom. The van der Waals surface area contributed by atoms with Crippen molar-refractivity contribution in [2.24, 2.45) is 0 Å². The Morgan fingerprint density at radius 3 is 2.49 bits per heavy atom. The van der Waals surface area contributed by atoms with Crippen LogP contribution in [0.5, 0.6) is 11.5 Å². The number of ether oxygens (including phenoxy) is 2. The summed E-state index contributed by atoms with van der Waals surface area (Å²) in [4.78, 5) is 26.1. The summed E-state index contributed by atoms with van der Waals surface area (Å²) < 4.78 is 38.6. The number of hydrogen-bond donors (Lipinski definition) is 1. The predicted octanol–water partition coefficient (Wildman–Crippen LogP) is 5.69. The van der Waals surface area contributed by atoms with E-state index in [0.29, 0.717) is 23.7 Å². The third-order valence-electron chi connectivity index (χ3n) is 5.19. The van der Waals surface area contributed by atoms with Crippen molar-refractivity contribution in [2.45, 2.75) is 20.1 Å². The maximum absolute atomic E-state index is 14.0. The number of carbonyl (C=O) groups is 2. The average molecular weight is 499 g/mol. The van der Waals surface area contributed by atoms with Crippen molar-refractivity contribution in [3.8, 4) is 11.5 Å². The molecule has 3 aromatic rings. The molecule has 6 nitrogen and oxygen atoms in total. The first-order chi connectivity index (χ1) is 16.9. The van der Waals surface area contributed by atoms with Gasteiger partial charge in [0, 0.05) is 5.56 Å². The summed E-state index contributed by atoms with van der Waals surface area (Å²) in [6.07, 6.45) is 1.46. The molecule has 1 aliphatic heterocycles. The fraction of sp³-hybridized carbons (Fsp3) is 0.154. The van der Waals surface area contributed by atoms with Gasteiger partial charge in [-0.15, -0.1) is 0 Å². The minimum atomic E-state index is -0.653. The number of halogens is 3. The third-order valence-corrected chi connectivity index (χ3v) is 5.47. The lowest BCUT2D eigenvalue weighted by Gasteiger charge is -2.15. The molecule has 9 heteroatoms. The molecule has 0 bridgehead atoms. The number of amides is 3. The number of rotatable bonds is 8. The molecule has 1 saturated heterocycles. The first kappa shape index (κ1) is 24.2. The molecule has 0 aliphatic carbocycles. The highest BCUT2D eigenvalue weighted by atomic mass is 35.5. The van der Waals surface area contributed by atoms with E-state index in [1.807, 2.05) is 0 Å². The van der Waals surface area contributed by atoms with Crippen molar-refractivity contribution >= 4 is 29.6 Å². The zero-order valence-corrected chi connectivity index (χ0v) is 19.4. The SMILES string of the molecule is CCOc1cc(C=C2NC(=O)N(Cc3ccccc3F)C2=O)cc(Cl)c1OCc1ccc(F)cc1. The van der Waals surface area contributed by atoms with Crippen LogP contribution in [0.25, 0.3) is 6.08 Å². The summed E-state index contributed by atoms with van der Waals surface area (Å²) in [6, 6.07) is 14.3. The summed E-state index contributed by atoms with van der Waals surface area (Å²) in [5.74, 6) is -0.809. The zero-order chi connectivity index (χ0) is 24.9. The molecule has 180 valence electrons. The molecule has 35 heavy (non-hydrogen) atoms. The van der Waals surface area contributed by atoms with Crippen molar-refractivity contribution in [3.05, 3.63) is 99.7 Å². The average Bonchev–Trinajstić information content (AvgIpc) is 3.08. The normalized spacial score (nSPS) is 14.4. The molecule has 0 spiro atoms. The van der Waals surface area contributed by atoms with Crippen LogP contribution in [-0.2, 0) is 17.9 Å². The molecule has 0 saturated carbocycles. The smallest absolute Gasteiger partial charge is 0.329 e. The van der Waals surface area contributed by atoms with Gasteiger partial charge in [-0.25, -0.2) is 13.6 Å². The van der Waals surface area contributed by atoms with Crippen molar-refractivity contribution in [1.29, 1.82) is 0 Å². The number of imide groups is 1. The van der Waals surface area contributed by atoms with Crippen LogP contribution in [0.3, 0.4) is 0 Å². The lowest BCUT2D eigenvalue weighted by molar-refractivity contribution is -0.123. The number of carbonyl (C=O) groups excluding carboxylic acids is 2. The maximum Gasteiger partial charge on any atom is 0.329 e. The van der Waals surface area contributed by atoms with Gasteiger partial charge in [-0.1, -0.05) is 41.9 Å². The summed E-state index contributed by atoms with van der Waals surface area (Å²) in [6.45, 7) is 2.06. The van der Waals surface area contributed by atoms with Crippen LogP contribution >= 0.6 is 11.6 Å². The Morgan fingerprint density at radius 1 is 1.03 bits per heavy atom. The minimum absolute atomic E-state index is 0.0184. The predicted molar refractivity (Wildman–Crippen MR) is 127 cm³/mol. The van der Waals surface area contributed by atoms with E-state index in [1.54, 1.807) is 37.3 Å². The standard InChI is InChI=1S/C26H21ClF2N2O4/c1-2-34-23-13-17(11-20(27)24(23)35-15-16-7-9-19(28)10-8-16)12-22-25(32)31(26(33)30-22)14-18-5-3-4-6-21(18)29/h3-13H,2,14-15H2,1H3,(H,30,33). The summed E-state index contributed by atoms with van der Waals surface area (Å²) in [5, 5.41) is 2.74. The van der Waals surface area contributed by atoms with Gasteiger partial charge in [0.25, 0.3) is 5.91 Å². The van der Waals surface area contributed by atoms with Gasteiger partial charge >= 0.3 is 6.03 Å². The van der Waals surface area contributed by atoms with Crippen LogP contribution in [0, 0.1) is 11.6 Å². The molecule has 0 atom stereocenters. The highest BCUT2D eigenvalue weighted by molar-refractivity contribution is 6.32. The molecule has 1 aliphatic rings. The molecule has 1 heterocycles. The first-order valence-electron chi connectivity index (χ1n) is 10.8. The van der Waals surface area contributed by atoms with Crippen LogP contribution in [0.1, 0.15) is 23.6 Å². The molecule has 1 N–H and O–H groups in total. The van der Waals surface area contributed by atoms with Crippen LogP contribution in [0.15, 0.2) is 66.4 Å². The summed E-state index contributed by atoms with van der Waals surface area (Å²) >= 11 is 6.45. The molecule has 3 aromatic carbocycles. The maximum atomic E-state index is 14.0. The van der Waals surface area contributed by atoms with Gasteiger partial charge in [-0.05, 0) is 54.5 Å². The van der Waals surface area contributed by atoms with Gasteiger partial charge < -0.3 is 14.8 Å². The lowest BCUT2D eigenvalue weighted by Crippen LogP contribution is -2.30. The zero-order valence-electron chi connectivity index (χ0n) is 18.7. The van der Waals surface area contributed by atoms with Crippen LogP contribution in [-0.4, -0.2) is 23.4 Å². The van der Waals surface area contributed by atoms with Gasteiger partial charge in [0.1, 0.15) is 23.9 Å². The second-order valence-corrected chi connectivity index (χ2v) is 8.06. The van der Waals surface area contributed by atoms with E-state index in [-0.39, 0.29) is 35.3 Å². The fourth-order valence-electron chi connectivity index (χ4n) is 3.49. The molecular formula is C26H21ClF2N2O4. The van der Waals surface area contributed by atoms with Gasteiger partial charge in [-0.3, -0.25) is 9.69 Å². The van der Waals surface area contributed by atoms with E-state index in [9.17, 15) is 18.4 Å². The minimum Gasteiger partial charge on any atom is -0.490 e. The van der Waals surface area contributed by atoms with Crippen molar-refractivity contribution in [1.82, 2.24) is 10.2 Å². The number of benzene rings is 3. The van der Waals surface area contributed by atoms with E-state index >= 15 is 0 Å². The Labute approximate surface area is 205 Å². The number of nitrogens with zero attached hydrogens (tertiary/aromatic N) is 1. The highest BCUT2D eigenvalue weighted by Crippen LogP contribution is 2.38. The Hall–Kier alpha value is -3.91. The van der Waals surface area contributed by atoms with Crippen LogP contribution in [0.2, 0.25) is 5.02 Å². The molecule has 0 unspecified atom stereocenters. The van der Waals surface area contributed by atoms with E-state index in [1.165, 1.54) is 36.4 Å². The van der Waals surface area contributed by atoms with Gasteiger partial charge in [0.05, 0.1) is 18.2 Å². The Kier molecular flexibility index (Phi) is 7.31. The number of hydrogen-bond acceptors (Lipinski definition) is 4. The van der Waals surface area contributed by atoms with E-state index in [4.69, 9.17) is 21.1 Å². The molecular weight excluding hydrogens is 478 g/mol. The second-order valence-electron chi connectivity index (χ2n) is 7.65. The monoisotopic (exact) mass is 498 g/mol. The van der Waals surface area contributed by atoms with Gasteiger partial charge in [0.2, 0.25) is 0 Å². The quantitative estimate of drug-likeness (QED) is 0.320. The van der Waals surface area contributed by atoms with Crippen LogP contribution < -0.4 is 14.8 Å². The topological polar surface area (TPSA) is 67.9 Å². The molecule has 3 amide bonds. The van der Waals surface area contributed by atoms with E-state index in [2.05, 4.69) is 5.32 Å². The van der Waals surface area contributed by atoms with Crippen LogP contribution in [0.4, 0.5) is 13.6 Å². The van der Waals surface area contributed by atoms with E-state index < -0.39 is 17.8 Å². The molecule has 4 rings (SSSR count). The van der Waals surface area contributed by atoms with E-state index in [0.717, 1.165) is 10.5 Å². The second kappa shape index (κ2) is 10.6. The van der Waals surface area contributed by atoms with Crippen molar-refractivity contribution in [3.63, 3.8) is 0 Å². The molecule has 0 radical (unpaired) electrons. The van der Waals surface area contributed by atoms with Crippen molar-refractivity contribution < 1.29 is 27.8 Å². The Bertz CT molecular complexity index is 1300. The summed E-state index contributed by atoms with van der Waals surface area (Å²) in [5.41, 5.74) is 1.47. The fourth-order valence-corrected chi connectivity index (χ4v) is 3.76. The first-order valence-corrected chi connectivity index (χ1v) is 11.1.